The first-order valence-corrected chi connectivity index (χ1v) is 5.14. The first-order chi connectivity index (χ1) is 6.24. The molecule has 0 N–H and O–H groups in total. The largest absolute Gasteiger partial charge is 0.339 e. The van der Waals surface area contributed by atoms with Gasteiger partial charge in [-0.1, -0.05) is 24.9 Å². The zero-order chi connectivity index (χ0) is 9.68. The molecule has 0 fully saturated rings. The summed E-state index contributed by atoms with van der Waals surface area (Å²) in [4.78, 5) is 4.17. The average molecular weight is 203 g/mol. The van der Waals surface area contributed by atoms with Gasteiger partial charge < -0.3 is 4.52 Å². The first kappa shape index (κ1) is 10.5. The van der Waals surface area contributed by atoms with Crippen molar-refractivity contribution in [3.63, 3.8) is 0 Å². The summed E-state index contributed by atoms with van der Waals surface area (Å²) < 4.78 is 5.03. The van der Waals surface area contributed by atoms with Gasteiger partial charge in [-0.3, -0.25) is 0 Å². The molecule has 1 heterocycles. The van der Waals surface area contributed by atoms with Crippen molar-refractivity contribution in [2.75, 3.05) is 0 Å². The van der Waals surface area contributed by atoms with E-state index in [1.54, 1.807) is 0 Å². The number of unbranched alkanes of at least 4 members (excludes halogenated alkanes) is 2. The lowest BCUT2D eigenvalue weighted by atomic mass is 10.2. The number of aromatic nitrogens is 2. The molecule has 4 heteroatoms. The second kappa shape index (κ2) is 5.22. The first-order valence-electron chi connectivity index (χ1n) is 4.70. The molecule has 74 valence electrons. The zero-order valence-corrected chi connectivity index (χ0v) is 8.84. The normalized spacial score (nSPS) is 13.2. The lowest BCUT2D eigenvalue weighted by molar-refractivity contribution is 0.369. The van der Waals surface area contributed by atoms with E-state index in [0.717, 1.165) is 12.8 Å². The highest BCUT2D eigenvalue weighted by molar-refractivity contribution is 6.20. The van der Waals surface area contributed by atoms with Gasteiger partial charge in [-0.05, 0) is 13.3 Å². The molecular formula is C9H15ClN2O. The summed E-state index contributed by atoms with van der Waals surface area (Å²) in [6.45, 7) is 4.00. The third-order valence-corrected chi connectivity index (χ3v) is 2.03. The van der Waals surface area contributed by atoms with Crippen LogP contribution in [0.2, 0.25) is 0 Å². The van der Waals surface area contributed by atoms with E-state index in [0.29, 0.717) is 11.7 Å². The van der Waals surface area contributed by atoms with Gasteiger partial charge in [0.25, 0.3) is 0 Å². The summed E-state index contributed by atoms with van der Waals surface area (Å²) in [5.74, 6) is 1.30. The smallest absolute Gasteiger partial charge is 0.226 e. The molecule has 0 amide bonds. The van der Waals surface area contributed by atoms with Crippen molar-refractivity contribution in [3.05, 3.63) is 11.7 Å². The third kappa shape index (κ3) is 3.35. The third-order valence-electron chi connectivity index (χ3n) is 1.83. The van der Waals surface area contributed by atoms with E-state index in [9.17, 15) is 0 Å². The van der Waals surface area contributed by atoms with Crippen LogP contribution in [0, 0.1) is 0 Å². The molecule has 0 aliphatic heterocycles. The zero-order valence-electron chi connectivity index (χ0n) is 8.09. The highest BCUT2D eigenvalue weighted by Gasteiger charge is 2.10. The van der Waals surface area contributed by atoms with Crippen LogP contribution in [-0.4, -0.2) is 10.1 Å². The lowest BCUT2D eigenvalue weighted by Gasteiger charge is -1.92. The van der Waals surface area contributed by atoms with Crippen LogP contribution in [0.1, 0.15) is 50.2 Å². The Kier molecular flexibility index (Phi) is 4.22. The number of hydrogen-bond acceptors (Lipinski definition) is 3. The van der Waals surface area contributed by atoms with Crippen molar-refractivity contribution < 1.29 is 4.52 Å². The van der Waals surface area contributed by atoms with Crippen molar-refractivity contribution in [2.45, 2.75) is 44.9 Å². The van der Waals surface area contributed by atoms with Gasteiger partial charge in [0.15, 0.2) is 5.82 Å². The molecule has 0 aliphatic carbocycles. The van der Waals surface area contributed by atoms with Crippen LogP contribution >= 0.6 is 11.6 Å². The van der Waals surface area contributed by atoms with Gasteiger partial charge >= 0.3 is 0 Å². The monoisotopic (exact) mass is 202 g/mol. The van der Waals surface area contributed by atoms with Crippen LogP contribution in [0.25, 0.3) is 0 Å². The number of rotatable bonds is 5. The quantitative estimate of drug-likeness (QED) is 0.544. The minimum absolute atomic E-state index is 0.163. The van der Waals surface area contributed by atoms with Crippen molar-refractivity contribution >= 4 is 11.6 Å². The fraction of sp³-hybridized carbons (Fsp3) is 0.778. The Morgan fingerprint density at radius 1 is 1.46 bits per heavy atom. The van der Waals surface area contributed by atoms with Gasteiger partial charge in [0.1, 0.15) is 0 Å². The van der Waals surface area contributed by atoms with Crippen molar-refractivity contribution in [2.24, 2.45) is 0 Å². The standard InChI is InChI=1S/C9H15ClN2O/c1-3-4-5-6-8-11-9(7(2)10)12-13-8/h7H,3-6H2,1-2H3. The molecular weight excluding hydrogens is 188 g/mol. The maximum atomic E-state index is 5.79. The van der Waals surface area contributed by atoms with Crippen LogP contribution in [0.15, 0.2) is 4.52 Å². The van der Waals surface area contributed by atoms with E-state index in [1.165, 1.54) is 12.8 Å². The summed E-state index contributed by atoms with van der Waals surface area (Å²) >= 11 is 5.79. The van der Waals surface area contributed by atoms with Crippen LogP contribution in [0.5, 0.6) is 0 Å². The van der Waals surface area contributed by atoms with E-state index < -0.39 is 0 Å². The molecule has 0 aromatic carbocycles. The molecule has 0 bridgehead atoms. The summed E-state index contributed by atoms with van der Waals surface area (Å²) in [6.07, 6.45) is 4.38. The van der Waals surface area contributed by atoms with Gasteiger partial charge in [-0.25, -0.2) is 0 Å². The average Bonchev–Trinajstić information content (AvgIpc) is 2.53. The second-order valence-corrected chi connectivity index (χ2v) is 3.77. The van der Waals surface area contributed by atoms with Gasteiger partial charge in [0.05, 0.1) is 5.38 Å². The van der Waals surface area contributed by atoms with Crippen molar-refractivity contribution in [1.82, 2.24) is 10.1 Å². The number of hydrogen-bond donors (Lipinski definition) is 0. The van der Waals surface area contributed by atoms with Gasteiger partial charge in [-0.2, -0.15) is 4.98 Å². The van der Waals surface area contributed by atoms with Crippen molar-refractivity contribution in [1.29, 1.82) is 0 Å². The summed E-state index contributed by atoms with van der Waals surface area (Å²) in [5.41, 5.74) is 0. The molecule has 0 radical (unpaired) electrons. The van der Waals surface area contributed by atoms with E-state index in [2.05, 4.69) is 17.1 Å². The molecule has 3 nitrogen and oxygen atoms in total. The van der Waals surface area contributed by atoms with Crippen LogP contribution in [0.4, 0.5) is 0 Å². The second-order valence-electron chi connectivity index (χ2n) is 3.12. The van der Waals surface area contributed by atoms with Crippen molar-refractivity contribution in [3.8, 4) is 0 Å². The highest BCUT2D eigenvalue weighted by Crippen LogP contribution is 2.15. The van der Waals surface area contributed by atoms with Gasteiger partial charge in [-0.15, -0.1) is 11.6 Å². The molecule has 1 aromatic heterocycles. The van der Waals surface area contributed by atoms with E-state index in [1.807, 2.05) is 6.92 Å². The predicted octanol–water partition coefficient (Wildman–Crippen LogP) is 3.10. The number of halogens is 1. The lowest BCUT2D eigenvalue weighted by Crippen LogP contribution is -1.89. The molecule has 1 unspecified atom stereocenters. The summed E-state index contributed by atoms with van der Waals surface area (Å²) in [5, 5.41) is 3.61. The Bertz CT molecular complexity index is 248. The molecule has 1 rings (SSSR count). The molecule has 0 saturated carbocycles. The molecule has 0 saturated heterocycles. The molecule has 0 aliphatic rings. The van der Waals surface area contributed by atoms with Gasteiger partial charge in [0, 0.05) is 6.42 Å². The minimum atomic E-state index is -0.163. The minimum Gasteiger partial charge on any atom is -0.339 e. The Balaban J connectivity index is 2.40. The van der Waals surface area contributed by atoms with Crippen LogP contribution in [-0.2, 0) is 6.42 Å². The Morgan fingerprint density at radius 3 is 2.77 bits per heavy atom. The molecule has 1 aromatic rings. The van der Waals surface area contributed by atoms with E-state index in [-0.39, 0.29) is 5.38 Å². The molecule has 13 heavy (non-hydrogen) atoms. The Labute approximate surface area is 83.5 Å². The predicted molar refractivity (Wildman–Crippen MR) is 51.8 cm³/mol. The summed E-state index contributed by atoms with van der Waals surface area (Å²) in [6, 6.07) is 0. The maximum Gasteiger partial charge on any atom is 0.226 e. The molecule has 0 spiro atoms. The SMILES string of the molecule is CCCCCc1nc(C(C)Cl)no1. The summed E-state index contributed by atoms with van der Waals surface area (Å²) in [7, 11) is 0. The Morgan fingerprint density at radius 2 is 2.23 bits per heavy atom. The van der Waals surface area contributed by atoms with E-state index >= 15 is 0 Å². The fourth-order valence-corrected chi connectivity index (χ4v) is 1.15. The topological polar surface area (TPSA) is 38.9 Å². The Hall–Kier alpha value is -0.570. The van der Waals surface area contributed by atoms with E-state index in [4.69, 9.17) is 16.1 Å². The van der Waals surface area contributed by atoms with Crippen LogP contribution < -0.4 is 0 Å². The van der Waals surface area contributed by atoms with Gasteiger partial charge in [0.2, 0.25) is 5.89 Å². The van der Waals surface area contributed by atoms with Crippen LogP contribution in [0.3, 0.4) is 0 Å². The number of aryl methyl sites for hydroxylation is 1. The highest BCUT2D eigenvalue weighted by atomic mass is 35.5. The molecule has 1 atom stereocenters. The number of alkyl halides is 1. The maximum absolute atomic E-state index is 5.79. The fourth-order valence-electron chi connectivity index (χ4n) is 1.06. The number of nitrogens with zero attached hydrogens (tertiary/aromatic N) is 2.